The Bertz CT molecular complexity index is 1090. The Morgan fingerprint density at radius 3 is 2.07 bits per heavy atom. The highest BCUT2D eigenvalue weighted by Crippen LogP contribution is 2.31. The van der Waals surface area contributed by atoms with E-state index in [1.807, 2.05) is 12.1 Å². The van der Waals surface area contributed by atoms with Crippen LogP contribution in [0.5, 0.6) is 0 Å². The van der Waals surface area contributed by atoms with Crippen molar-refractivity contribution in [2.24, 2.45) is 0 Å². The zero-order valence-corrected chi connectivity index (χ0v) is 17.0. The number of hydrogen-bond donors (Lipinski definition) is 3. The van der Waals surface area contributed by atoms with Crippen molar-refractivity contribution in [1.29, 1.82) is 0 Å². The van der Waals surface area contributed by atoms with Crippen molar-refractivity contribution in [2.75, 3.05) is 23.3 Å². The van der Waals surface area contributed by atoms with Gasteiger partial charge >= 0.3 is 0 Å². The van der Waals surface area contributed by atoms with E-state index in [0.29, 0.717) is 28.7 Å². The molecule has 0 saturated carbocycles. The van der Waals surface area contributed by atoms with Crippen LogP contribution in [0.3, 0.4) is 0 Å². The minimum Gasteiger partial charge on any atom is -0.396 e. The van der Waals surface area contributed by atoms with Gasteiger partial charge in [-0.25, -0.2) is 8.42 Å². The van der Waals surface area contributed by atoms with Gasteiger partial charge in [-0.05, 0) is 48.5 Å². The molecule has 3 rings (SSSR count). The number of nitrogens with one attached hydrogen (secondary N) is 1. The Morgan fingerprint density at radius 2 is 1.46 bits per heavy atom. The summed E-state index contributed by atoms with van der Waals surface area (Å²) < 4.78 is 25.6. The number of rotatable bonds is 6. The third-order valence-corrected chi connectivity index (χ3v) is 6.45. The molecule has 146 valence electrons. The summed E-state index contributed by atoms with van der Waals surface area (Å²) in [5, 5.41) is 4.31. The van der Waals surface area contributed by atoms with Crippen LogP contribution in [0.2, 0.25) is 10.0 Å². The first-order valence-electron chi connectivity index (χ1n) is 8.32. The number of anilines is 3. The molecule has 0 radical (unpaired) electrons. The fraction of sp³-hybridized carbons (Fsp3) is 0.105. The molecular weight excluding hydrogens is 419 g/mol. The number of halogens is 2. The van der Waals surface area contributed by atoms with E-state index in [-0.39, 0.29) is 21.2 Å². The number of hydrogen-bond acceptors (Lipinski definition) is 6. The minimum atomic E-state index is -3.85. The maximum atomic E-state index is 12.8. The van der Waals surface area contributed by atoms with Crippen LogP contribution in [0.15, 0.2) is 64.5 Å². The Morgan fingerprint density at radius 1 is 0.893 bits per heavy atom. The van der Waals surface area contributed by atoms with Crippen molar-refractivity contribution in [1.82, 2.24) is 4.98 Å². The zero-order chi connectivity index (χ0) is 20.3. The van der Waals surface area contributed by atoms with Crippen LogP contribution < -0.4 is 16.8 Å². The lowest BCUT2D eigenvalue weighted by atomic mass is 10.2. The Balaban J connectivity index is 1.78. The van der Waals surface area contributed by atoms with E-state index < -0.39 is 9.84 Å². The molecule has 0 atom stereocenters. The molecule has 28 heavy (non-hydrogen) atoms. The molecule has 0 aliphatic heterocycles. The monoisotopic (exact) mass is 436 g/mol. The standard InChI is InChI=1S/C19H18Cl2N4O2S/c20-12-1-5-14(6-2-12)24-10-9-16-18(22)19(23)17(11-25-16)28(26,27)15-7-3-13(21)4-8-15/h1-8,11,24H,9-10,22H2,(H2,23,25). The Kier molecular flexibility index (Phi) is 5.98. The molecule has 3 aromatic rings. The van der Waals surface area contributed by atoms with Crippen LogP contribution in [0.4, 0.5) is 17.1 Å². The molecule has 0 fully saturated rings. The van der Waals surface area contributed by atoms with E-state index >= 15 is 0 Å². The van der Waals surface area contributed by atoms with Crippen LogP contribution in [0, 0.1) is 0 Å². The molecule has 0 spiro atoms. The molecule has 0 amide bonds. The number of nitrogens with two attached hydrogens (primary N) is 2. The molecule has 6 nitrogen and oxygen atoms in total. The summed E-state index contributed by atoms with van der Waals surface area (Å²) in [4.78, 5) is 4.17. The first kappa shape index (κ1) is 20.3. The summed E-state index contributed by atoms with van der Waals surface area (Å²) >= 11 is 11.7. The quantitative estimate of drug-likeness (QED) is 0.537. The van der Waals surface area contributed by atoms with Crippen molar-refractivity contribution in [3.63, 3.8) is 0 Å². The molecule has 0 aliphatic carbocycles. The van der Waals surface area contributed by atoms with Gasteiger partial charge in [-0.3, -0.25) is 4.98 Å². The van der Waals surface area contributed by atoms with E-state index in [1.54, 1.807) is 12.1 Å². The van der Waals surface area contributed by atoms with E-state index in [2.05, 4.69) is 10.3 Å². The number of benzene rings is 2. The average Bonchev–Trinajstić information content (AvgIpc) is 2.67. The first-order chi connectivity index (χ1) is 13.3. The molecule has 0 bridgehead atoms. The number of aromatic nitrogens is 1. The van der Waals surface area contributed by atoms with Crippen molar-refractivity contribution < 1.29 is 8.42 Å². The lowest BCUT2D eigenvalue weighted by molar-refractivity contribution is 0.596. The van der Waals surface area contributed by atoms with Gasteiger partial charge in [-0.15, -0.1) is 0 Å². The van der Waals surface area contributed by atoms with Gasteiger partial charge in [0.15, 0.2) is 0 Å². The molecule has 1 heterocycles. The molecule has 0 saturated heterocycles. The summed E-state index contributed by atoms with van der Waals surface area (Å²) in [6.45, 7) is 0.543. The molecular formula is C19H18Cl2N4O2S. The lowest BCUT2D eigenvalue weighted by Gasteiger charge is -2.13. The van der Waals surface area contributed by atoms with Gasteiger partial charge in [0.1, 0.15) is 4.90 Å². The maximum Gasteiger partial charge on any atom is 0.210 e. The second-order valence-electron chi connectivity index (χ2n) is 6.04. The van der Waals surface area contributed by atoms with Gasteiger partial charge in [0.25, 0.3) is 0 Å². The normalized spacial score (nSPS) is 11.4. The third-order valence-electron chi connectivity index (χ3n) is 4.15. The number of sulfone groups is 1. The molecule has 5 N–H and O–H groups in total. The van der Waals surface area contributed by atoms with E-state index in [0.717, 1.165) is 5.69 Å². The van der Waals surface area contributed by atoms with Crippen molar-refractivity contribution in [3.05, 3.63) is 70.5 Å². The van der Waals surface area contributed by atoms with Crippen molar-refractivity contribution in [3.8, 4) is 0 Å². The maximum absolute atomic E-state index is 12.8. The number of nitrogens with zero attached hydrogens (tertiary/aromatic N) is 1. The molecule has 0 aliphatic rings. The predicted octanol–water partition coefficient (Wildman–Crippen LogP) is 4.04. The van der Waals surface area contributed by atoms with Crippen molar-refractivity contribution in [2.45, 2.75) is 16.2 Å². The second-order valence-corrected chi connectivity index (χ2v) is 8.83. The predicted molar refractivity (Wildman–Crippen MR) is 114 cm³/mol. The highest BCUT2D eigenvalue weighted by molar-refractivity contribution is 7.91. The molecule has 0 unspecified atom stereocenters. The summed E-state index contributed by atoms with van der Waals surface area (Å²) in [7, 11) is -3.85. The molecule has 1 aromatic heterocycles. The molecule has 9 heteroatoms. The van der Waals surface area contributed by atoms with Gasteiger partial charge in [0, 0.05) is 34.9 Å². The zero-order valence-electron chi connectivity index (χ0n) is 14.7. The Labute approximate surface area is 173 Å². The van der Waals surface area contributed by atoms with Gasteiger partial charge in [-0.1, -0.05) is 23.2 Å². The topological polar surface area (TPSA) is 111 Å². The average molecular weight is 437 g/mol. The summed E-state index contributed by atoms with van der Waals surface area (Å²) in [5.41, 5.74) is 13.7. The SMILES string of the molecule is Nc1c(S(=O)(=O)c2ccc(Cl)cc2)cnc(CCNc2ccc(Cl)cc2)c1N. The highest BCUT2D eigenvalue weighted by atomic mass is 35.5. The van der Waals surface area contributed by atoms with E-state index in [1.165, 1.54) is 30.5 Å². The van der Waals surface area contributed by atoms with Crippen LogP contribution >= 0.6 is 23.2 Å². The van der Waals surface area contributed by atoms with Gasteiger partial charge in [0.05, 0.1) is 22.0 Å². The number of pyridine rings is 1. The largest absolute Gasteiger partial charge is 0.396 e. The van der Waals surface area contributed by atoms with Crippen LogP contribution in [-0.2, 0) is 16.3 Å². The van der Waals surface area contributed by atoms with Crippen LogP contribution in [0.1, 0.15) is 5.69 Å². The smallest absolute Gasteiger partial charge is 0.210 e. The van der Waals surface area contributed by atoms with Gasteiger partial charge in [-0.2, -0.15) is 0 Å². The summed E-state index contributed by atoms with van der Waals surface area (Å²) in [6, 6.07) is 13.1. The summed E-state index contributed by atoms with van der Waals surface area (Å²) in [5.74, 6) is 0. The van der Waals surface area contributed by atoms with Crippen LogP contribution in [0.25, 0.3) is 0 Å². The fourth-order valence-electron chi connectivity index (χ4n) is 2.61. The highest BCUT2D eigenvalue weighted by Gasteiger charge is 2.23. The fourth-order valence-corrected chi connectivity index (χ4v) is 4.20. The lowest BCUT2D eigenvalue weighted by Crippen LogP contribution is -2.13. The third kappa shape index (κ3) is 4.32. The minimum absolute atomic E-state index is 0.00792. The Hall–Kier alpha value is -2.48. The first-order valence-corrected chi connectivity index (χ1v) is 10.6. The second kappa shape index (κ2) is 8.26. The van der Waals surface area contributed by atoms with E-state index in [4.69, 9.17) is 34.7 Å². The number of nitrogen functional groups attached to an aromatic ring is 2. The van der Waals surface area contributed by atoms with E-state index in [9.17, 15) is 8.42 Å². The van der Waals surface area contributed by atoms with Crippen molar-refractivity contribution >= 4 is 50.1 Å². The molecule has 2 aromatic carbocycles. The summed E-state index contributed by atoms with van der Waals surface area (Å²) in [6.07, 6.45) is 1.72. The van der Waals surface area contributed by atoms with Gasteiger partial charge < -0.3 is 16.8 Å². The van der Waals surface area contributed by atoms with Crippen LogP contribution in [-0.4, -0.2) is 19.9 Å². The van der Waals surface area contributed by atoms with Gasteiger partial charge in [0.2, 0.25) is 9.84 Å².